The third-order valence-corrected chi connectivity index (χ3v) is 6.55. The summed E-state index contributed by atoms with van der Waals surface area (Å²) in [5.74, 6) is 2.54. The molecule has 1 heterocycles. The summed E-state index contributed by atoms with van der Waals surface area (Å²) in [5.41, 5.74) is 2.37. The molecule has 4 rings (SSSR count). The van der Waals surface area contributed by atoms with Gasteiger partial charge in [-0.3, -0.25) is 0 Å². The number of hydrogen-bond acceptors (Lipinski definition) is 7. The van der Waals surface area contributed by atoms with Gasteiger partial charge in [-0.2, -0.15) is 4.98 Å². The second-order valence-corrected chi connectivity index (χ2v) is 9.93. The van der Waals surface area contributed by atoms with Gasteiger partial charge >= 0.3 is 0 Å². The largest absolute Gasteiger partial charge is 0.457 e. The SMILES string of the molecule is Cc1cnc(Nc2ccc(Oc3ccccc3)cc2)nc1Nc1ccc(S(=O)(=O)NC(C)C)cc1. The van der Waals surface area contributed by atoms with Crippen LogP contribution in [-0.4, -0.2) is 24.4 Å². The number of nitrogens with one attached hydrogen (secondary N) is 3. The van der Waals surface area contributed by atoms with Crippen LogP contribution in [0.1, 0.15) is 19.4 Å². The highest BCUT2D eigenvalue weighted by molar-refractivity contribution is 7.89. The maximum atomic E-state index is 12.3. The maximum absolute atomic E-state index is 12.3. The van der Waals surface area contributed by atoms with Gasteiger partial charge in [0.05, 0.1) is 4.90 Å². The van der Waals surface area contributed by atoms with Crippen molar-refractivity contribution in [3.63, 3.8) is 0 Å². The summed E-state index contributed by atoms with van der Waals surface area (Å²) >= 11 is 0. The minimum Gasteiger partial charge on any atom is -0.457 e. The first-order chi connectivity index (χ1) is 16.8. The van der Waals surface area contributed by atoms with E-state index in [1.54, 1.807) is 44.3 Å². The van der Waals surface area contributed by atoms with Crippen molar-refractivity contribution < 1.29 is 13.2 Å². The first-order valence-corrected chi connectivity index (χ1v) is 12.6. The van der Waals surface area contributed by atoms with E-state index in [2.05, 4.69) is 25.3 Å². The minimum atomic E-state index is -3.54. The normalized spacial score (nSPS) is 11.3. The molecule has 4 aromatic rings. The van der Waals surface area contributed by atoms with Crippen LogP contribution in [0.3, 0.4) is 0 Å². The molecule has 180 valence electrons. The van der Waals surface area contributed by atoms with Crippen molar-refractivity contribution in [2.75, 3.05) is 10.6 Å². The molecule has 0 saturated heterocycles. The van der Waals surface area contributed by atoms with Gasteiger partial charge in [-0.25, -0.2) is 18.1 Å². The summed E-state index contributed by atoms with van der Waals surface area (Å²) in [6.07, 6.45) is 1.72. The zero-order valence-corrected chi connectivity index (χ0v) is 20.5. The van der Waals surface area contributed by atoms with Crippen LogP contribution in [0.5, 0.6) is 11.5 Å². The summed E-state index contributed by atoms with van der Waals surface area (Å²) in [4.78, 5) is 9.13. The lowest BCUT2D eigenvalue weighted by molar-refractivity contribution is 0.483. The van der Waals surface area contributed by atoms with Crippen LogP contribution in [0.15, 0.2) is 90.0 Å². The van der Waals surface area contributed by atoms with Gasteiger partial charge in [-0.05, 0) is 81.4 Å². The molecule has 0 aliphatic carbocycles. The molecule has 0 unspecified atom stereocenters. The molecule has 8 nitrogen and oxygen atoms in total. The maximum Gasteiger partial charge on any atom is 0.240 e. The van der Waals surface area contributed by atoms with E-state index in [1.807, 2.05) is 61.5 Å². The first kappa shape index (κ1) is 24.2. The Balaban J connectivity index is 1.43. The number of para-hydroxylation sites is 1. The zero-order chi connectivity index (χ0) is 24.8. The van der Waals surface area contributed by atoms with Crippen molar-refractivity contribution in [2.24, 2.45) is 0 Å². The molecular formula is C26H27N5O3S. The van der Waals surface area contributed by atoms with Gasteiger partial charge in [0.2, 0.25) is 16.0 Å². The monoisotopic (exact) mass is 489 g/mol. The van der Waals surface area contributed by atoms with Crippen LogP contribution < -0.4 is 20.1 Å². The molecule has 3 N–H and O–H groups in total. The van der Waals surface area contributed by atoms with Gasteiger partial charge in [0.15, 0.2) is 0 Å². The van der Waals surface area contributed by atoms with Crippen molar-refractivity contribution >= 4 is 33.2 Å². The van der Waals surface area contributed by atoms with Crippen LogP contribution >= 0.6 is 0 Å². The minimum absolute atomic E-state index is 0.181. The second-order valence-electron chi connectivity index (χ2n) is 8.22. The smallest absolute Gasteiger partial charge is 0.240 e. The van der Waals surface area contributed by atoms with E-state index in [-0.39, 0.29) is 10.9 Å². The molecule has 9 heteroatoms. The van der Waals surface area contributed by atoms with Crippen LogP contribution in [0.25, 0.3) is 0 Å². The Morgan fingerprint density at radius 2 is 1.40 bits per heavy atom. The molecule has 0 spiro atoms. The number of ether oxygens (including phenoxy) is 1. The number of hydrogen-bond donors (Lipinski definition) is 3. The summed E-state index contributed by atoms with van der Waals surface area (Å²) in [6, 6.07) is 23.4. The lowest BCUT2D eigenvalue weighted by Gasteiger charge is -2.13. The summed E-state index contributed by atoms with van der Waals surface area (Å²) in [6.45, 7) is 5.46. The van der Waals surface area contributed by atoms with E-state index >= 15 is 0 Å². The molecule has 0 saturated carbocycles. The Bertz CT molecular complexity index is 1380. The van der Waals surface area contributed by atoms with E-state index in [4.69, 9.17) is 4.74 Å². The molecule has 0 radical (unpaired) electrons. The number of benzene rings is 3. The molecular weight excluding hydrogens is 462 g/mol. The van der Waals surface area contributed by atoms with Gasteiger partial charge in [-0.1, -0.05) is 18.2 Å². The molecule has 0 aliphatic heterocycles. The molecule has 0 bridgehead atoms. The van der Waals surface area contributed by atoms with Gasteiger partial charge in [0.25, 0.3) is 0 Å². The van der Waals surface area contributed by atoms with Crippen molar-refractivity contribution in [1.82, 2.24) is 14.7 Å². The van der Waals surface area contributed by atoms with Gasteiger partial charge < -0.3 is 15.4 Å². The summed E-state index contributed by atoms with van der Waals surface area (Å²) in [5, 5.41) is 6.42. The van der Waals surface area contributed by atoms with E-state index in [9.17, 15) is 8.42 Å². The van der Waals surface area contributed by atoms with E-state index in [1.165, 1.54) is 0 Å². The lowest BCUT2D eigenvalue weighted by atomic mass is 10.3. The molecule has 35 heavy (non-hydrogen) atoms. The Hall–Kier alpha value is -3.95. The summed E-state index contributed by atoms with van der Waals surface area (Å²) < 4.78 is 33.1. The number of rotatable bonds is 9. The van der Waals surface area contributed by atoms with Crippen LogP contribution in [-0.2, 0) is 10.0 Å². The van der Waals surface area contributed by atoms with Crippen molar-refractivity contribution in [3.05, 3.63) is 90.6 Å². The molecule has 0 aliphatic rings. The number of aromatic nitrogens is 2. The Labute approximate surface area is 205 Å². The number of aryl methyl sites for hydroxylation is 1. The van der Waals surface area contributed by atoms with Crippen molar-refractivity contribution in [3.8, 4) is 11.5 Å². The first-order valence-electron chi connectivity index (χ1n) is 11.1. The predicted molar refractivity (Wildman–Crippen MR) is 138 cm³/mol. The lowest BCUT2D eigenvalue weighted by Crippen LogP contribution is -2.30. The average molecular weight is 490 g/mol. The fraction of sp³-hybridized carbons (Fsp3) is 0.154. The van der Waals surface area contributed by atoms with E-state index in [0.717, 1.165) is 22.7 Å². The Kier molecular flexibility index (Phi) is 7.28. The van der Waals surface area contributed by atoms with E-state index in [0.29, 0.717) is 17.5 Å². The number of anilines is 4. The number of sulfonamides is 1. The highest BCUT2D eigenvalue weighted by atomic mass is 32.2. The van der Waals surface area contributed by atoms with E-state index < -0.39 is 10.0 Å². The quantitative estimate of drug-likeness (QED) is 0.275. The standard InChI is InChI=1S/C26H27N5O3S/c1-18(2)31-35(32,33)24-15-11-20(12-16-24)28-25-19(3)17-27-26(30-25)29-21-9-13-23(14-10-21)34-22-7-5-4-6-8-22/h4-18,31H,1-3H3,(H2,27,28,29,30). The second kappa shape index (κ2) is 10.5. The highest BCUT2D eigenvalue weighted by Gasteiger charge is 2.15. The average Bonchev–Trinajstić information content (AvgIpc) is 2.83. The highest BCUT2D eigenvalue weighted by Crippen LogP contribution is 2.25. The van der Waals surface area contributed by atoms with Gasteiger partial charge in [-0.15, -0.1) is 0 Å². The van der Waals surface area contributed by atoms with Crippen molar-refractivity contribution in [2.45, 2.75) is 31.7 Å². The Morgan fingerprint density at radius 1 is 0.800 bits per heavy atom. The number of nitrogens with zero attached hydrogens (tertiary/aromatic N) is 2. The van der Waals surface area contributed by atoms with Crippen LogP contribution in [0.2, 0.25) is 0 Å². The Morgan fingerprint density at radius 3 is 2.06 bits per heavy atom. The summed E-state index contributed by atoms with van der Waals surface area (Å²) in [7, 11) is -3.54. The zero-order valence-electron chi connectivity index (χ0n) is 19.7. The molecule has 0 amide bonds. The molecule has 3 aromatic carbocycles. The van der Waals surface area contributed by atoms with Gasteiger partial charge in [0, 0.05) is 29.2 Å². The van der Waals surface area contributed by atoms with Crippen LogP contribution in [0, 0.1) is 6.92 Å². The third kappa shape index (κ3) is 6.56. The fourth-order valence-electron chi connectivity index (χ4n) is 3.22. The predicted octanol–water partition coefficient (Wildman–Crippen LogP) is 5.75. The fourth-order valence-corrected chi connectivity index (χ4v) is 4.47. The molecule has 1 aromatic heterocycles. The molecule has 0 fully saturated rings. The van der Waals surface area contributed by atoms with Gasteiger partial charge in [0.1, 0.15) is 17.3 Å². The molecule has 0 atom stereocenters. The topological polar surface area (TPSA) is 105 Å². The van der Waals surface area contributed by atoms with Crippen LogP contribution in [0.4, 0.5) is 23.1 Å². The third-order valence-electron chi connectivity index (χ3n) is 4.88. The van der Waals surface area contributed by atoms with Crippen molar-refractivity contribution in [1.29, 1.82) is 0 Å².